The second kappa shape index (κ2) is 9.58. The average molecular weight is 405 g/mol. The van der Waals surface area contributed by atoms with Crippen molar-refractivity contribution in [2.75, 3.05) is 7.11 Å². The molecule has 2 N–H and O–H groups in total. The maximum absolute atomic E-state index is 12.9. The van der Waals surface area contributed by atoms with Gasteiger partial charge >= 0.3 is 5.97 Å². The summed E-state index contributed by atoms with van der Waals surface area (Å²) in [7, 11) is 1.45. The third-order valence-corrected chi connectivity index (χ3v) is 3.73. The van der Waals surface area contributed by atoms with Crippen molar-refractivity contribution in [1.29, 1.82) is 0 Å². The van der Waals surface area contributed by atoms with Crippen molar-refractivity contribution in [3.05, 3.63) is 29.5 Å². The molecule has 0 aromatic heterocycles. The number of carbonyl (C=O) groups excluding carboxylic acids is 3. The number of ether oxygens (including phenoxy) is 2. The van der Waals surface area contributed by atoms with E-state index in [0.717, 1.165) is 6.42 Å². The van der Waals surface area contributed by atoms with Gasteiger partial charge in [-0.25, -0.2) is 0 Å². The maximum Gasteiger partial charge on any atom is 0.308 e. The van der Waals surface area contributed by atoms with Crippen LogP contribution in [0.4, 0.5) is 0 Å². The Morgan fingerprint density at radius 2 is 1.66 bits per heavy atom. The smallest absolute Gasteiger partial charge is 0.308 e. The van der Waals surface area contributed by atoms with Crippen molar-refractivity contribution in [3.8, 4) is 11.5 Å². The molecule has 160 valence electrons. The summed E-state index contributed by atoms with van der Waals surface area (Å²) in [6.45, 7) is 12.8. The van der Waals surface area contributed by atoms with Gasteiger partial charge in [0.1, 0.15) is 5.70 Å². The number of rotatable bonds is 7. The first-order chi connectivity index (χ1) is 13.2. The molecule has 0 unspecified atom stereocenters. The molecule has 0 heterocycles. The van der Waals surface area contributed by atoms with Crippen molar-refractivity contribution in [1.82, 2.24) is 10.6 Å². The minimum Gasteiger partial charge on any atom is -0.493 e. The molecule has 1 aromatic carbocycles. The Bertz CT molecular complexity index is 804. The van der Waals surface area contributed by atoms with Crippen molar-refractivity contribution in [2.24, 2.45) is 5.41 Å². The summed E-state index contributed by atoms with van der Waals surface area (Å²) in [6.07, 6.45) is 2.30. The highest BCUT2D eigenvalue weighted by molar-refractivity contribution is 6.01. The van der Waals surface area contributed by atoms with Crippen LogP contribution in [0.15, 0.2) is 23.9 Å². The molecule has 0 saturated heterocycles. The van der Waals surface area contributed by atoms with E-state index in [4.69, 9.17) is 9.47 Å². The standard InChI is InChI=1S/C22H32N2O5/c1-14(25)23-17(20(27)24-22(6,7)13-21(3,4)5)11-16-9-10-18(29-15(2)26)19(12-16)28-8/h9-12H,13H2,1-8H3,(H,23,25)(H,24,27)/b17-11+. The molecule has 29 heavy (non-hydrogen) atoms. The lowest BCUT2D eigenvalue weighted by Gasteiger charge is -2.33. The first kappa shape index (κ1) is 24.2. The van der Waals surface area contributed by atoms with E-state index in [9.17, 15) is 14.4 Å². The Morgan fingerprint density at radius 1 is 1.03 bits per heavy atom. The van der Waals surface area contributed by atoms with Crippen LogP contribution in [0.1, 0.15) is 60.5 Å². The van der Waals surface area contributed by atoms with Gasteiger partial charge in [-0.2, -0.15) is 0 Å². The molecule has 7 nitrogen and oxygen atoms in total. The van der Waals surface area contributed by atoms with E-state index in [1.807, 2.05) is 13.8 Å². The van der Waals surface area contributed by atoms with E-state index >= 15 is 0 Å². The Hall–Kier alpha value is -2.83. The highest BCUT2D eigenvalue weighted by atomic mass is 16.6. The summed E-state index contributed by atoms with van der Waals surface area (Å²) < 4.78 is 10.3. The molecule has 1 aromatic rings. The van der Waals surface area contributed by atoms with Crippen LogP contribution in [0.5, 0.6) is 11.5 Å². The lowest BCUT2D eigenvalue weighted by molar-refractivity contribution is -0.132. The SMILES string of the molecule is COc1cc(/C=C(/NC(C)=O)C(=O)NC(C)(C)CC(C)(C)C)ccc1OC(C)=O. The monoisotopic (exact) mass is 404 g/mol. The highest BCUT2D eigenvalue weighted by Crippen LogP contribution is 2.29. The van der Waals surface area contributed by atoms with Crippen LogP contribution in [-0.4, -0.2) is 30.4 Å². The molecule has 0 aliphatic carbocycles. The van der Waals surface area contributed by atoms with Crippen LogP contribution in [-0.2, 0) is 14.4 Å². The molecule has 0 spiro atoms. The van der Waals surface area contributed by atoms with Gasteiger partial charge in [-0.3, -0.25) is 14.4 Å². The predicted octanol–water partition coefficient (Wildman–Crippen LogP) is 3.43. The number of benzene rings is 1. The third kappa shape index (κ3) is 8.81. The summed E-state index contributed by atoms with van der Waals surface area (Å²) >= 11 is 0. The number of carbonyl (C=O) groups is 3. The van der Waals surface area contributed by atoms with E-state index in [0.29, 0.717) is 11.3 Å². The van der Waals surface area contributed by atoms with E-state index < -0.39 is 17.4 Å². The van der Waals surface area contributed by atoms with Crippen LogP contribution in [0.3, 0.4) is 0 Å². The summed E-state index contributed by atoms with van der Waals surface area (Å²) in [5.74, 6) is -0.606. The van der Waals surface area contributed by atoms with E-state index in [1.165, 1.54) is 21.0 Å². The lowest BCUT2D eigenvalue weighted by atomic mass is 9.82. The zero-order chi connectivity index (χ0) is 22.4. The maximum atomic E-state index is 12.9. The zero-order valence-corrected chi connectivity index (χ0v) is 18.6. The molecule has 0 aliphatic rings. The average Bonchev–Trinajstić information content (AvgIpc) is 2.51. The number of esters is 1. The van der Waals surface area contributed by atoms with Gasteiger partial charge in [0.15, 0.2) is 11.5 Å². The molecule has 1 rings (SSSR count). The largest absolute Gasteiger partial charge is 0.493 e. The van der Waals surface area contributed by atoms with E-state index in [2.05, 4.69) is 31.4 Å². The fraction of sp³-hybridized carbons (Fsp3) is 0.500. The number of hydrogen-bond donors (Lipinski definition) is 2. The second-order valence-electron chi connectivity index (χ2n) is 8.82. The molecule has 0 bridgehead atoms. The lowest BCUT2D eigenvalue weighted by Crippen LogP contribution is -2.48. The van der Waals surface area contributed by atoms with Crippen molar-refractivity contribution in [3.63, 3.8) is 0 Å². The minimum absolute atomic E-state index is 0.0224. The van der Waals surface area contributed by atoms with Gasteiger partial charge in [0.25, 0.3) is 5.91 Å². The molecular formula is C22H32N2O5. The fourth-order valence-corrected chi connectivity index (χ4v) is 3.27. The van der Waals surface area contributed by atoms with Gasteiger partial charge in [0.2, 0.25) is 5.91 Å². The Labute approximate surface area is 172 Å². The molecule has 0 aliphatic heterocycles. The fourth-order valence-electron chi connectivity index (χ4n) is 3.27. The van der Waals surface area contributed by atoms with Gasteiger partial charge in [0.05, 0.1) is 7.11 Å². The summed E-state index contributed by atoms with van der Waals surface area (Å²) in [5, 5.41) is 5.56. The van der Waals surface area contributed by atoms with Crippen molar-refractivity contribution < 1.29 is 23.9 Å². The van der Waals surface area contributed by atoms with Crippen LogP contribution >= 0.6 is 0 Å². The molecule has 0 saturated carbocycles. The summed E-state index contributed by atoms with van der Waals surface area (Å²) in [4.78, 5) is 35.7. The molecular weight excluding hydrogens is 372 g/mol. The minimum atomic E-state index is -0.468. The molecule has 0 atom stereocenters. The third-order valence-electron chi connectivity index (χ3n) is 3.73. The van der Waals surface area contributed by atoms with Gasteiger partial charge in [-0.1, -0.05) is 26.8 Å². The van der Waals surface area contributed by atoms with Crippen molar-refractivity contribution >= 4 is 23.9 Å². The molecule has 0 radical (unpaired) electrons. The molecule has 0 fully saturated rings. The topological polar surface area (TPSA) is 93.7 Å². The Morgan fingerprint density at radius 3 is 2.14 bits per heavy atom. The number of amides is 2. The first-order valence-corrected chi connectivity index (χ1v) is 9.41. The molecule has 7 heteroatoms. The van der Waals surface area contributed by atoms with Crippen LogP contribution in [0.2, 0.25) is 0 Å². The second-order valence-corrected chi connectivity index (χ2v) is 8.82. The summed E-state index contributed by atoms with van der Waals surface area (Å²) in [5.41, 5.74) is 0.269. The first-order valence-electron chi connectivity index (χ1n) is 9.41. The number of hydrogen-bond acceptors (Lipinski definition) is 5. The van der Waals surface area contributed by atoms with Gasteiger partial charge < -0.3 is 20.1 Å². The quantitative estimate of drug-likeness (QED) is 0.413. The van der Waals surface area contributed by atoms with Gasteiger partial charge in [-0.15, -0.1) is 0 Å². The van der Waals surface area contributed by atoms with Crippen LogP contribution in [0, 0.1) is 5.41 Å². The number of nitrogens with one attached hydrogen (secondary N) is 2. The van der Waals surface area contributed by atoms with E-state index in [-0.39, 0.29) is 22.8 Å². The number of methoxy groups -OCH3 is 1. The summed E-state index contributed by atoms with van der Waals surface area (Å²) in [6, 6.07) is 4.85. The predicted molar refractivity (Wildman–Crippen MR) is 112 cm³/mol. The van der Waals surface area contributed by atoms with Gasteiger partial charge in [-0.05, 0) is 49.5 Å². The normalized spacial score (nSPS) is 12.2. The molecule has 2 amide bonds. The highest BCUT2D eigenvalue weighted by Gasteiger charge is 2.28. The Kier molecular flexibility index (Phi) is 8.00. The Balaban J connectivity index is 3.20. The van der Waals surface area contributed by atoms with E-state index in [1.54, 1.807) is 24.3 Å². The zero-order valence-electron chi connectivity index (χ0n) is 18.6. The van der Waals surface area contributed by atoms with Gasteiger partial charge in [0, 0.05) is 19.4 Å². The van der Waals surface area contributed by atoms with Crippen molar-refractivity contribution in [2.45, 2.75) is 60.4 Å². The van der Waals surface area contributed by atoms with Crippen LogP contribution in [0.25, 0.3) is 6.08 Å². The van der Waals surface area contributed by atoms with Crippen LogP contribution < -0.4 is 20.1 Å².